The molecule has 0 saturated heterocycles. The summed E-state index contributed by atoms with van der Waals surface area (Å²) in [5, 5.41) is 30.4. The number of nitriles is 1. The molecule has 1 atom stereocenters. The van der Waals surface area contributed by atoms with Gasteiger partial charge in [0.1, 0.15) is 11.4 Å². The number of carboxylic acid groups (broad SMARTS) is 1. The summed E-state index contributed by atoms with van der Waals surface area (Å²) >= 11 is 0. The average molecular weight is 462 g/mol. The quantitative estimate of drug-likeness (QED) is 0.498. The van der Waals surface area contributed by atoms with E-state index in [1.165, 1.54) is 6.07 Å². The Labute approximate surface area is 200 Å². The van der Waals surface area contributed by atoms with E-state index in [0.717, 1.165) is 6.42 Å². The number of aromatic carboxylic acids is 1. The summed E-state index contributed by atoms with van der Waals surface area (Å²) in [7, 11) is 0. The number of amides is 1. The van der Waals surface area contributed by atoms with Gasteiger partial charge in [-0.05, 0) is 30.2 Å². The number of anilines is 1. The number of carbonyl (C=O) groups is 3. The van der Waals surface area contributed by atoms with Gasteiger partial charge in [0.15, 0.2) is 5.92 Å². The van der Waals surface area contributed by atoms with Crippen LogP contribution in [0.4, 0.5) is 5.69 Å². The predicted molar refractivity (Wildman–Crippen MR) is 130 cm³/mol. The van der Waals surface area contributed by atoms with E-state index in [9.17, 15) is 24.8 Å². The summed E-state index contributed by atoms with van der Waals surface area (Å²) in [6, 6.07) is 15.1. The SMILES string of the molecule is N#CC(C(=O)Nc1ccccc1)C(=O)C1=NN=C2C1=C(C1C=CCC=C1)c1c(C(=O)O)cccc12. The molecule has 0 radical (unpaired) electrons. The fraction of sp³-hybridized carbons (Fsp3) is 0.111. The maximum absolute atomic E-state index is 13.5. The van der Waals surface area contributed by atoms with Gasteiger partial charge in [-0.3, -0.25) is 9.59 Å². The van der Waals surface area contributed by atoms with Crippen LogP contribution in [0.5, 0.6) is 0 Å². The minimum atomic E-state index is -1.66. The average Bonchev–Trinajstić information content (AvgIpc) is 3.44. The van der Waals surface area contributed by atoms with Crippen LogP contribution in [0.15, 0.2) is 88.6 Å². The summed E-state index contributed by atoms with van der Waals surface area (Å²) in [4.78, 5) is 38.3. The van der Waals surface area contributed by atoms with Crippen molar-refractivity contribution >= 4 is 40.3 Å². The Kier molecular flexibility index (Phi) is 5.51. The van der Waals surface area contributed by atoms with Crippen LogP contribution in [0.25, 0.3) is 5.57 Å². The lowest BCUT2D eigenvalue weighted by Crippen LogP contribution is -2.34. The van der Waals surface area contributed by atoms with Crippen LogP contribution >= 0.6 is 0 Å². The number of hydrogen-bond donors (Lipinski definition) is 2. The van der Waals surface area contributed by atoms with Crippen molar-refractivity contribution in [2.75, 3.05) is 5.32 Å². The van der Waals surface area contributed by atoms with Crippen LogP contribution < -0.4 is 5.32 Å². The fourth-order valence-corrected chi connectivity index (χ4v) is 4.50. The summed E-state index contributed by atoms with van der Waals surface area (Å²) < 4.78 is 0. The van der Waals surface area contributed by atoms with Gasteiger partial charge in [0.2, 0.25) is 11.7 Å². The molecule has 2 aliphatic carbocycles. The molecule has 8 heteroatoms. The standard InChI is InChI=1S/C27H18N4O4/c28-14-19(26(33)29-16-10-5-2-6-11-16)25(32)24-22-20(15-8-3-1-4-9-15)21-17(23(22)30-31-24)12-7-13-18(21)27(34)35/h2-13,15,19H,1H2,(H,29,33)(H,34,35). The Morgan fingerprint density at radius 3 is 2.46 bits per heavy atom. The van der Waals surface area contributed by atoms with Gasteiger partial charge < -0.3 is 10.4 Å². The predicted octanol–water partition coefficient (Wildman–Crippen LogP) is 3.79. The van der Waals surface area contributed by atoms with Crippen molar-refractivity contribution in [1.82, 2.24) is 0 Å². The van der Waals surface area contributed by atoms with Crippen LogP contribution in [-0.2, 0) is 9.59 Å². The molecule has 1 amide bonds. The minimum Gasteiger partial charge on any atom is -0.478 e. The molecule has 170 valence electrons. The molecule has 5 rings (SSSR count). The summed E-state index contributed by atoms with van der Waals surface area (Å²) in [6.07, 6.45) is 8.50. The molecule has 8 nitrogen and oxygen atoms in total. The zero-order chi connectivity index (χ0) is 24.5. The fourth-order valence-electron chi connectivity index (χ4n) is 4.50. The molecule has 0 bridgehead atoms. The number of ketones is 1. The first-order valence-corrected chi connectivity index (χ1v) is 10.9. The highest BCUT2D eigenvalue weighted by Gasteiger charge is 2.43. The van der Waals surface area contributed by atoms with Crippen LogP contribution in [0, 0.1) is 23.2 Å². The molecule has 1 unspecified atom stereocenters. The van der Waals surface area contributed by atoms with E-state index in [4.69, 9.17) is 0 Å². The number of allylic oxidation sites excluding steroid dienone is 6. The van der Waals surface area contributed by atoms with Crippen molar-refractivity contribution in [3.05, 3.63) is 95.1 Å². The molecule has 0 fully saturated rings. The van der Waals surface area contributed by atoms with Crippen molar-refractivity contribution < 1.29 is 19.5 Å². The van der Waals surface area contributed by atoms with Crippen molar-refractivity contribution in [2.45, 2.75) is 6.42 Å². The van der Waals surface area contributed by atoms with Gasteiger partial charge in [-0.15, -0.1) is 10.2 Å². The highest BCUT2D eigenvalue weighted by molar-refractivity contribution is 6.60. The molecule has 2 aromatic rings. The lowest BCUT2D eigenvalue weighted by molar-refractivity contribution is -0.125. The van der Waals surface area contributed by atoms with Gasteiger partial charge in [0, 0.05) is 28.3 Å². The number of Topliss-reactive ketones (excluding diaryl/α,β-unsaturated/α-hetero) is 1. The number of hydrogen-bond acceptors (Lipinski definition) is 6. The van der Waals surface area contributed by atoms with Crippen molar-refractivity contribution in [3.8, 4) is 6.07 Å². The first-order valence-electron chi connectivity index (χ1n) is 10.9. The van der Waals surface area contributed by atoms with Crippen LogP contribution in [-0.4, -0.2) is 34.2 Å². The lowest BCUT2D eigenvalue weighted by Gasteiger charge is -2.18. The van der Waals surface area contributed by atoms with Gasteiger partial charge in [0.05, 0.1) is 11.6 Å². The topological polar surface area (TPSA) is 132 Å². The molecule has 2 N–H and O–H groups in total. The molecule has 1 aliphatic heterocycles. The van der Waals surface area contributed by atoms with E-state index >= 15 is 0 Å². The number of carbonyl (C=O) groups excluding carboxylic acids is 2. The first kappa shape index (κ1) is 21.9. The molecule has 0 saturated carbocycles. The van der Waals surface area contributed by atoms with Gasteiger partial charge in [0.25, 0.3) is 0 Å². The second-order valence-corrected chi connectivity index (χ2v) is 8.12. The Morgan fingerprint density at radius 2 is 1.77 bits per heavy atom. The van der Waals surface area contributed by atoms with E-state index in [0.29, 0.717) is 33.7 Å². The Bertz CT molecular complexity index is 1460. The maximum atomic E-state index is 13.5. The number of nitrogens with zero attached hydrogens (tertiary/aromatic N) is 3. The number of benzene rings is 2. The zero-order valence-electron chi connectivity index (χ0n) is 18.3. The third-order valence-corrected chi connectivity index (χ3v) is 6.03. The van der Waals surface area contributed by atoms with Gasteiger partial charge >= 0.3 is 5.97 Å². The van der Waals surface area contributed by atoms with Crippen molar-refractivity contribution in [1.29, 1.82) is 5.26 Å². The maximum Gasteiger partial charge on any atom is 0.336 e. The number of fused-ring (bicyclic) bond motifs is 3. The summed E-state index contributed by atoms with van der Waals surface area (Å²) in [6.45, 7) is 0. The summed E-state index contributed by atoms with van der Waals surface area (Å²) in [5.41, 5.74) is 2.75. The minimum absolute atomic E-state index is 0.0833. The second kappa shape index (κ2) is 8.80. The molecular weight excluding hydrogens is 444 g/mol. The molecule has 0 aromatic heterocycles. The molecule has 1 heterocycles. The van der Waals surface area contributed by atoms with Crippen LogP contribution in [0.2, 0.25) is 0 Å². The van der Waals surface area contributed by atoms with E-state index < -0.39 is 23.6 Å². The Balaban J connectivity index is 1.58. The monoisotopic (exact) mass is 462 g/mol. The van der Waals surface area contributed by atoms with Crippen LogP contribution in [0.3, 0.4) is 0 Å². The number of nitrogens with one attached hydrogen (secondary N) is 1. The lowest BCUT2D eigenvalue weighted by atomic mass is 9.84. The molecule has 2 aromatic carbocycles. The van der Waals surface area contributed by atoms with Gasteiger partial charge in [-0.1, -0.05) is 54.6 Å². The molecular formula is C27H18N4O4. The number of rotatable bonds is 6. The highest BCUT2D eigenvalue weighted by atomic mass is 16.4. The first-order chi connectivity index (χ1) is 17.0. The van der Waals surface area contributed by atoms with Crippen LogP contribution in [0.1, 0.15) is 27.9 Å². The zero-order valence-corrected chi connectivity index (χ0v) is 18.3. The largest absolute Gasteiger partial charge is 0.478 e. The normalized spacial score (nSPS) is 16.7. The summed E-state index contributed by atoms with van der Waals surface area (Å²) in [5.74, 6) is -4.65. The second-order valence-electron chi connectivity index (χ2n) is 8.12. The van der Waals surface area contributed by atoms with Crippen molar-refractivity contribution in [2.24, 2.45) is 22.0 Å². The highest BCUT2D eigenvalue weighted by Crippen LogP contribution is 2.44. The van der Waals surface area contributed by atoms with Gasteiger partial charge in [-0.25, -0.2) is 4.79 Å². The molecule has 3 aliphatic rings. The van der Waals surface area contributed by atoms with Crippen molar-refractivity contribution in [3.63, 3.8) is 0 Å². The van der Waals surface area contributed by atoms with E-state index in [-0.39, 0.29) is 17.2 Å². The Hall–Kier alpha value is -4.90. The third-order valence-electron chi connectivity index (χ3n) is 6.03. The van der Waals surface area contributed by atoms with E-state index in [1.807, 2.05) is 24.3 Å². The Morgan fingerprint density at radius 1 is 1.03 bits per heavy atom. The molecule has 0 spiro atoms. The molecule has 35 heavy (non-hydrogen) atoms. The third kappa shape index (κ3) is 3.69. The van der Waals surface area contributed by atoms with E-state index in [2.05, 4.69) is 15.5 Å². The van der Waals surface area contributed by atoms with Gasteiger partial charge in [-0.2, -0.15) is 5.26 Å². The number of carboxylic acids is 1. The smallest absolute Gasteiger partial charge is 0.336 e. The van der Waals surface area contributed by atoms with E-state index in [1.54, 1.807) is 48.5 Å². The number of para-hydroxylation sites is 1.